The van der Waals surface area contributed by atoms with Gasteiger partial charge in [0.05, 0.1) is 33.0 Å². The van der Waals surface area contributed by atoms with Crippen molar-refractivity contribution < 1.29 is 14.2 Å². The standard InChI is InChI=1S/C19H31N3O3.HI/c1-20-19(21-9-11-24-13-12-23-2)22-10-8-18(14-22)16-25-15-17-6-4-3-5-7-17;/h3-7,18H,8-16H2,1-2H3,(H,20,21);1H. The Hall–Kier alpha value is -0.900. The average molecular weight is 477 g/mol. The van der Waals surface area contributed by atoms with Gasteiger partial charge in [0, 0.05) is 39.7 Å². The molecular weight excluding hydrogens is 445 g/mol. The average Bonchev–Trinajstić information content (AvgIpc) is 3.11. The third-order valence-electron chi connectivity index (χ3n) is 4.22. The lowest BCUT2D eigenvalue weighted by atomic mass is 10.1. The van der Waals surface area contributed by atoms with E-state index < -0.39 is 0 Å². The van der Waals surface area contributed by atoms with E-state index in [9.17, 15) is 0 Å². The Bertz CT molecular complexity index is 502. The van der Waals surface area contributed by atoms with Crippen molar-refractivity contribution in [1.82, 2.24) is 10.2 Å². The van der Waals surface area contributed by atoms with Gasteiger partial charge in [0.1, 0.15) is 0 Å². The smallest absolute Gasteiger partial charge is 0.193 e. The molecule has 26 heavy (non-hydrogen) atoms. The Kier molecular flexibility index (Phi) is 12.6. The highest BCUT2D eigenvalue weighted by Crippen LogP contribution is 2.17. The number of hydrogen-bond donors (Lipinski definition) is 1. The number of guanidine groups is 1. The molecule has 0 bridgehead atoms. The molecule has 0 saturated carbocycles. The normalized spacial score (nSPS) is 17.2. The fourth-order valence-electron chi connectivity index (χ4n) is 2.89. The summed E-state index contributed by atoms with van der Waals surface area (Å²) in [5.41, 5.74) is 1.23. The SMILES string of the molecule is CN=C(NCCOCCOC)N1CCC(COCc2ccccc2)C1.I. The quantitative estimate of drug-likeness (QED) is 0.243. The third-order valence-corrected chi connectivity index (χ3v) is 4.22. The summed E-state index contributed by atoms with van der Waals surface area (Å²) in [5, 5.41) is 3.36. The van der Waals surface area contributed by atoms with Crippen LogP contribution in [0.25, 0.3) is 0 Å². The first-order valence-electron chi connectivity index (χ1n) is 8.97. The third kappa shape index (κ3) is 8.66. The van der Waals surface area contributed by atoms with Crippen LogP contribution in [0.3, 0.4) is 0 Å². The van der Waals surface area contributed by atoms with Crippen LogP contribution in [0.15, 0.2) is 35.3 Å². The van der Waals surface area contributed by atoms with Crippen LogP contribution >= 0.6 is 24.0 Å². The molecule has 148 valence electrons. The summed E-state index contributed by atoms with van der Waals surface area (Å²) < 4.78 is 16.3. The van der Waals surface area contributed by atoms with Crippen LogP contribution in [-0.2, 0) is 20.8 Å². The lowest BCUT2D eigenvalue weighted by molar-refractivity contribution is 0.0731. The van der Waals surface area contributed by atoms with E-state index in [0.29, 0.717) is 32.3 Å². The number of benzene rings is 1. The maximum Gasteiger partial charge on any atom is 0.193 e. The molecule has 0 spiro atoms. The highest BCUT2D eigenvalue weighted by atomic mass is 127. The molecule has 1 aliphatic heterocycles. The van der Waals surface area contributed by atoms with Crippen LogP contribution < -0.4 is 5.32 Å². The highest BCUT2D eigenvalue weighted by Gasteiger charge is 2.24. The van der Waals surface area contributed by atoms with E-state index in [-0.39, 0.29) is 24.0 Å². The van der Waals surface area contributed by atoms with Crippen molar-refractivity contribution in [2.45, 2.75) is 13.0 Å². The zero-order valence-electron chi connectivity index (χ0n) is 15.9. The summed E-state index contributed by atoms with van der Waals surface area (Å²) in [4.78, 5) is 6.67. The van der Waals surface area contributed by atoms with Gasteiger partial charge in [0.25, 0.3) is 0 Å². The summed E-state index contributed by atoms with van der Waals surface area (Å²) in [6.45, 7) is 6.14. The van der Waals surface area contributed by atoms with E-state index in [0.717, 1.165) is 38.6 Å². The van der Waals surface area contributed by atoms with Crippen molar-refractivity contribution in [1.29, 1.82) is 0 Å². The van der Waals surface area contributed by atoms with Gasteiger partial charge < -0.3 is 24.4 Å². The highest BCUT2D eigenvalue weighted by molar-refractivity contribution is 14.0. The van der Waals surface area contributed by atoms with Crippen LogP contribution in [0.2, 0.25) is 0 Å². The number of nitrogens with zero attached hydrogens (tertiary/aromatic N) is 2. The summed E-state index contributed by atoms with van der Waals surface area (Å²) in [6.07, 6.45) is 1.14. The first-order valence-corrected chi connectivity index (χ1v) is 8.97. The van der Waals surface area contributed by atoms with Crippen molar-refractivity contribution in [2.75, 3.05) is 60.2 Å². The maximum atomic E-state index is 5.88. The van der Waals surface area contributed by atoms with E-state index in [1.807, 2.05) is 25.2 Å². The molecule has 6 nitrogen and oxygen atoms in total. The van der Waals surface area contributed by atoms with Crippen LogP contribution in [-0.4, -0.2) is 71.1 Å². The summed E-state index contributed by atoms with van der Waals surface area (Å²) in [7, 11) is 3.50. The number of ether oxygens (including phenoxy) is 3. The van der Waals surface area contributed by atoms with Crippen LogP contribution in [0.1, 0.15) is 12.0 Å². The Morgan fingerprint density at radius 3 is 2.73 bits per heavy atom. The number of halogens is 1. The molecule has 1 N–H and O–H groups in total. The van der Waals surface area contributed by atoms with Crippen molar-refractivity contribution in [3.05, 3.63) is 35.9 Å². The molecular formula is C19H32IN3O3. The molecule has 0 radical (unpaired) electrons. The Labute approximate surface area is 174 Å². The second-order valence-electron chi connectivity index (χ2n) is 6.18. The zero-order chi connectivity index (χ0) is 17.7. The van der Waals surface area contributed by atoms with E-state index in [1.165, 1.54) is 5.56 Å². The largest absolute Gasteiger partial charge is 0.382 e. The van der Waals surface area contributed by atoms with Crippen molar-refractivity contribution in [2.24, 2.45) is 10.9 Å². The molecule has 1 heterocycles. The molecule has 2 rings (SSSR count). The predicted molar refractivity (Wildman–Crippen MR) is 115 cm³/mol. The lowest BCUT2D eigenvalue weighted by Crippen LogP contribution is -2.41. The molecule has 1 unspecified atom stereocenters. The lowest BCUT2D eigenvalue weighted by Gasteiger charge is -2.21. The molecule has 1 fully saturated rings. The minimum absolute atomic E-state index is 0. The second kappa shape index (κ2) is 14.2. The van der Waals surface area contributed by atoms with Crippen molar-refractivity contribution in [3.8, 4) is 0 Å². The first-order chi connectivity index (χ1) is 12.3. The molecule has 1 saturated heterocycles. The Morgan fingerprint density at radius 1 is 1.19 bits per heavy atom. The topological polar surface area (TPSA) is 55.3 Å². The molecule has 0 aliphatic carbocycles. The Morgan fingerprint density at radius 2 is 2.00 bits per heavy atom. The molecule has 1 aromatic carbocycles. The van der Waals surface area contributed by atoms with Gasteiger partial charge in [-0.1, -0.05) is 30.3 Å². The predicted octanol–water partition coefficient (Wildman–Crippen LogP) is 2.38. The van der Waals surface area contributed by atoms with Gasteiger partial charge in [-0.3, -0.25) is 4.99 Å². The zero-order valence-corrected chi connectivity index (χ0v) is 18.2. The number of nitrogens with one attached hydrogen (secondary N) is 1. The number of aliphatic imine (C=N–C) groups is 1. The molecule has 1 aromatic rings. The minimum Gasteiger partial charge on any atom is -0.382 e. The van der Waals surface area contributed by atoms with E-state index in [4.69, 9.17) is 14.2 Å². The number of hydrogen-bond acceptors (Lipinski definition) is 4. The fourth-order valence-corrected chi connectivity index (χ4v) is 2.89. The van der Waals surface area contributed by atoms with Crippen LogP contribution in [0.4, 0.5) is 0 Å². The summed E-state index contributed by atoms with van der Waals surface area (Å²) >= 11 is 0. The Balaban J connectivity index is 0.00000338. The summed E-state index contributed by atoms with van der Waals surface area (Å²) in [5.74, 6) is 1.50. The minimum atomic E-state index is 0. The van der Waals surface area contributed by atoms with Crippen LogP contribution in [0, 0.1) is 5.92 Å². The maximum absolute atomic E-state index is 5.88. The van der Waals surface area contributed by atoms with Gasteiger partial charge in [-0.2, -0.15) is 0 Å². The van der Waals surface area contributed by atoms with Gasteiger partial charge in [-0.25, -0.2) is 0 Å². The van der Waals surface area contributed by atoms with E-state index in [1.54, 1.807) is 7.11 Å². The number of likely N-dealkylation sites (tertiary alicyclic amines) is 1. The van der Waals surface area contributed by atoms with Gasteiger partial charge >= 0.3 is 0 Å². The number of methoxy groups -OCH3 is 1. The molecule has 1 aliphatic rings. The molecule has 1 atom stereocenters. The fraction of sp³-hybridized carbons (Fsp3) is 0.632. The van der Waals surface area contributed by atoms with E-state index in [2.05, 4.69) is 27.3 Å². The van der Waals surface area contributed by atoms with Gasteiger partial charge in [-0.05, 0) is 12.0 Å². The molecule has 0 amide bonds. The van der Waals surface area contributed by atoms with Gasteiger partial charge in [0.2, 0.25) is 0 Å². The van der Waals surface area contributed by atoms with Gasteiger partial charge in [0.15, 0.2) is 5.96 Å². The van der Waals surface area contributed by atoms with E-state index >= 15 is 0 Å². The second-order valence-corrected chi connectivity index (χ2v) is 6.18. The summed E-state index contributed by atoms with van der Waals surface area (Å²) in [6, 6.07) is 10.3. The number of rotatable bonds is 10. The molecule has 7 heteroatoms. The first kappa shape index (κ1) is 23.1. The van der Waals surface area contributed by atoms with Crippen LogP contribution in [0.5, 0.6) is 0 Å². The monoisotopic (exact) mass is 477 g/mol. The molecule has 0 aromatic heterocycles. The van der Waals surface area contributed by atoms with Crippen molar-refractivity contribution >= 4 is 29.9 Å². The van der Waals surface area contributed by atoms with Crippen molar-refractivity contribution in [3.63, 3.8) is 0 Å². The van der Waals surface area contributed by atoms with Gasteiger partial charge in [-0.15, -0.1) is 24.0 Å².